The molecule has 3 rings (SSSR count). The van der Waals surface area contributed by atoms with E-state index in [-0.39, 0.29) is 0 Å². The van der Waals surface area contributed by atoms with Gasteiger partial charge in [-0.2, -0.15) is 0 Å². The molecule has 2 heteroatoms. The van der Waals surface area contributed by atoms with Crippen LogP contribution < -0.4 is 0 Å². The minimum absolute atomic E-state index is 0.430. The van der Waals surface area contributed by atoms with Gasteiger partial charge in [0.2, 0.25) is 0 Å². The zero-order valence-corrected chi connectivity index (χ0v) is 9.76. The number of rotatable bonds is 1. The first-order valence-electron chi connectivity index (χ1n) is 6.16. The summed E-state index contributed by atoms with van der Waals surface area (Å²) in [5, 5.41) is 10.9. The van der Waals surface area contributed by atoms with Crippen LogP contribution in [-0.4, -0.2) is 30.1 Å². The third-order valence-corrected chi connectivity index (χ3v) is 4.41. The maximum Gasteiger partial charge on any atom is 0.0940 e. The van der Waals surface area contributed by atoms with E-state index in [2.05, 4.69) is 24.1 Å². The molecule has 1 aliphatic heterocycles. The van der Waals surface area contributed by atoms with E-state index in [0.29, 0.717) is 11.8 Å². The molecule has 1 N–H and O–H groups in total. The fourth-order valence-corrected chi connectivity index (χ4v) is 3.60. The molecule has 0 unspecified atom stereocenters. The molecule has 0 amide bonds. The number of aliphatic hydroxyl groups is 1. The van der Waals surface area contributed by atoms with Gasteiger partial charge in [0.15, 0.2) is 0 Å². The van der Waals surface area contributed by atoms with Crippen LogP contribution in [0, 0.1) is 11.8 Å². The van der Waals surface area contributed by atoms with Crippen molar-refractivity contribution in [3.8, 4) is 0 Å². The SMILES string of the molecule is CN1C[C@@H]2CC[C@@](O)(c3ccccc3)[C@@H]2C1. The van der Waals surface area contributed by atoms with Crippen LogP contribution in [0.1, 0.15) is 18.4 Å². The predicted octanol–water partition coefficient (Wildman–Crippen LogP) is 1.85. The van der Waals surface area contributed by atoms with Gasteiger partial charge in [-0.15, -0.1) is 0 Å². The van der Waals surface area contributed by atoms with Gasteiger partial charge in [-0.25, -0.2) is 0 Å². The van der Waals surface area contributed by atoms with Gasteiger partial charge in [0.1, 0.15) is 0 Å². The van der Waals surface area contributed by atoms with Gasteiger partial charge in [-0.05, 0) is 31.4 Å². The van der Waals surface area contributed by atoms with Crippen molar-refractivity contribution in [2.24, 2.45) is 11.8 Å². The van der Waals surface area contributed by atoms with E-state index in [0.717, 1.165) is 25.1 Å². The summed E-state index contributed by atoms with van der Waals surface area (Å²) in [7, 11) is 2.16. The highest BCUT2D eigenvalue weighted by atomic mass is 16.3. The first-order chi connectivity index (χ1) is 7.70. The van der Waals surface area contributed by atoms with Gasteiger partial charge in [0.25, 0.3) is 0 Å². The minimum Gasteiger partial charge on any atom is -0.385 e. The van der Waals surface area contributed by atoms with E-state index >= 15 is 0 Å². The lowest BCUT2D eigenvalue weighted by atomic mass is 9.82. The van der Waals surface area contributed by atoms with Gasteiger partial charge < -0.3 is 10.0 Å². The Bertz CT molecular complexity index is 378. The van der Waals surface area contributed by atoms with Crippen molar-refractivity contribution in [3.05, 3.63) is 35.9 Å². The van der Waals surface area contributed by atoms with Crippen LogP contribution in [0.5, 0.6) is 0 Å². The average Bonchev–Trinajstić information content (AvgIpc) is 2.81. The Morgan fingerprint density at radius 2 is 2.00 bits per heavy atom. The Labute approximate surface area is 96.9 Å². The standard InChI is InChI=1S/C14H19NO/c1-15-9-11-7-8-14(16,13(11)10-15)12-5-3-2-4-6-12/h2-6,11,13,16H,7-10H2,1H3/t11-,13+,14+/m0/s1. The molecule has 1 aromatic carbocycles. The molecule has 1 heterocycles. The molecule has 1 saturated carbocycles. The van der Waals surface area contributed by atoms with Crippen LogP contribution in [0.2, 0.25) is 0 Å². The van der Waals surface area contributed by atoms with Crippen molar-refractivity contribution in [3.63, 3.8) is 0 Å². The lowest BCUT2D eigenvalue weighted by Gasteiger charge is -2.30. The summed E-state index contributed by atoms with van der Waals surface area (Å²) in [5.41, 5.74) is 0.536. The number of benzene rings is 1. The first-order valence-corrected chi connectivity index (χ1v) is 6.16. The summed E-state index contributed by atoms with van der Waals surface area (Å²) in [6.45, 7) is 2.19. The maximum atomic E-state index is 10.9. The van der Waals surface area contributed by atoms with E-state index in [4.69, 9.17) is 0 Å². The van der Waals surface area contributed by atoms with Crippen molar-refractivity contribution >= 4 is 0 Å². The molecular formula is C14H19NO. The van der Waals surface area contributed by atoms with Crippen molar-refractivity contribution < 1.29 is 5.11 Å². The first kappa shape index (κ1) is 10.3. The molecular weight excluding hydrogens is 198 g/mol. The van der Waals surface area contributed by atoms with Gasteiger partial charge in [-0.1, -0.05) is 30.3 Å². The summed E-state index contributed by atoms with van der Waals surface area (Å²) in [5.74, 6) is 1.12. The minimum atomic E-state index is -0.573. The van der Waals surface area contributed by atoms with Crippen molar-refractivity contribution in [2.75, 3.05) is 20.1 Å². The summed E-state index contributed by atoms with van der Waals surface area (Å²) in [6, 6.07) is 10.2. The fourth-order valence-electron chi connectivity index (χ4n) is 3.60. The molecule has 16 heavy (non-hydrogen) atoms. The summed E-state index contributed by atoms with van der Waals surface area (Å²) < 4.78 is 0. The molecule has 1 aliphatic carbocycles. The Morgan fingerprint density at radius 1 is 1.25 bits per heavy atom. The van der Waals surface area contributed by atoms with Gasteiger partial charge in [0, 0.05) is 19.0 Å². The normalized spacial score (nSPS) is 38.9. The zero-order chi connectivity index (χ0) is 11.2. The molecule has 2 aliphatic rings. The van der Waals surface area contributed by atoms with Gasteiger partial charge >= 0.3 is 0 Å². The van der Waals surface area contributed by atoms with E-state index in [1.807, 2.05) is 18.2 Å². The highest BCUT2D eigenvalue weighted by Gasteiger charge is 2.51. The number of likely N-dealkylation sites (tertiary alicyclic amines) is 1. The number of hydrogen-bond acceptors (Lipinski definition) is 2. The monoisotopic (exact) mass is 217 g/mol. The second kappa shape index (κ2) is 3.57. The lowest BCUT2D eigenvalue weighted by Crippen LogP contribution is -2.34. The molecule has 1 aromatic rings. The van der Waals surface area contributed by atoms with Crippen molar-refractivity contribution in [2.45, 2.75) is 18.4 Å². The van der Waals surface area contributed by atoms with Gasteiger partial charge in [0.05, 0.1) is 5.60 Å². The van der Waals surface area contributed by atoms with E-state index < -0.39 is 5.60 Å². The number of hydrogen-bond donors (Lipinski definition) is 1. The lowest BCUT2D eigenvalue weighted by molar-refractivity contribution is -0.00560. The smallest absolute Gasteiger partial charge is 0.0940 e. The average molecular weight is 217 g/mol. The summed E-state index contributed by atoms with van der Waals surface area (Å²) in [6.07, 6.45) is 2.10. The second-order valence-corrected chi connectivity index (χ2v) is 5.42. The van der Waals surface area contributed by atoms with Crippen LogP contribution in [0.15, 0.2) is 30.3 Å². The maximum absolute atomic E-state index is 10.9. The predicted molar refractivity (Wildman–Crippen MR) is 64.0 cm³/mol. The van der Waals surface area contributed by atoms with Crippen molar-refractivity contribution in [1.29, 1.82) is 0 Å². The molecule has 0 bridgehead atoms. The van der Waals surface area contributed by atoms with Crippen molar-refractivity contribution in [1.82, 2.24) is 4.90 Å². The van der Waals surface area contributed by atoms with E-state index in [1.54, 1.807) is 0 Å². The Hall–Kier alpha value is -0.860. The summed E-state index contributed by atoms with van der Waals surface area (Å²) in [4.78, 5) is 2.35. The van der Waals surface area contributed by atoms with Gasteiger partial charge in [-0.3, -0.25) is 0 Å². The van der Waals surface area contributed by atoms with Crippen LogP contribution >= 0.6 is 0 Å². The van der Waals surface area contributed by atoms with E-state index in [1.165, 1.54) is 6.42 Å². The number of fused-ring (bicyclic) bond motifs is 1. The Morgan fingerprint density at radius 3 is 2.75 bits per heavy atom. The fraction of sp³-hybridized carbons (Fsp3) is 0.571. The third-order valence-electron chi connectivity index (χ3n) is 4.41. The molecule has 0 spiro atoms. The Balaban J connectivity index is 1.94. The molecule has 2 fully saturated rings. The molecule has 0 radical (unpaired) electrons. The topological polar surface area (TPSA) is 23.5 Å². The Kier molecular flexibility index (Phi) is 2.30. The molecule has 86 valence electrons. The van der Waals surface area contributed by atoms with Crippen LogP contribution in [-0.2, 0) is 5.60 Å². The molecule has 3 atom stereocenters. The van der Waals surface area contributed by atoms with E-state index in [9.17, 15) is 5.11 Å². The quantitative estimate of drug-likeness (QED) is 0.776. The molecule has 2 nitrogen and oxygen atoms in total. The van der Waals surface area contributed by atoms with Crippen LogP contribution in [0.3, 0.4) is 0 Å². The number of nitrogens with zero attached hydrogens (tertiary/aromatic N) is 1. The second-order valence-electron chi connectivity index (χ2n) is 5.42. The highest BCUT2D eigenvalue weighted by molar-refractivity contribution is 5.26. The zero-order valence-electron chi connectivity index (χ0n) is 9.76. The third kappa shape index (κ3) is 1.40. The largest absolute Gasteiger partial charge is 0.385 e. The molecule has 1 saturated heterocycles. The van der Waals surface area contributed by atoms with Crippen LogP contribution in [0.4, 0.5) is 0 Å². The molecule has 0 aromatic heterocycles. The van der Waals surface area contributed by atoms with Crippen LogP contribution in [0.25, 0.3) is 0 Å². The highest BCUT2D eigenvalue weighted by Crippen LogP contribution is 2.49. The summed E-state index contributed by atoms with van der Waals surface area (Å²) >= 11 is 0.